The van der Waals surface area contributed by atoms with Gasteiger partial charge in [0.05, 0.1) is 12.6 Å². The molecule has 4 nitrogen and oxygen atoms in total. The summed E-state index contributed by atoms with van der Waals surface area (Å²) in [5.41, 5.74) is 0. The maximum absolute atomic E-state index is 11.1. The summed E-state index contributed by atoms with van der Waals surface area (Å²) in [4.78, 5) is 13.3. The van der Waals surface area contributed by atoms with Gasteiger partial charge in [0.25, 0.3) is 0 Å². The first-order chi connectivity index (χ1) is 8.70. The van der Waals surface area contributed by atoms with Gasteiger partial charge in [0.15, 0.2) is 0 Å². The summed E-state index contributed by atoms with van der Waals surface area (Å²) >= 11 is 0. The molecule has 0 aromatic rings. The Hall–Kier alpha value is -0.610. The van der Waals surface area contributed by atoms with Crippen molar-refractivity contribution in [1.82, 2.24) is 4.90 Å². The fourth-order valence-corrected chi connectivity index (χ4v) is 3.58. The zero-order chi connectivity index (χ0) is 13.0. The fraction of sp³-hybridized carbons (Fsp3) is 0.929. The van der Waals surface area contributed by atoms with Crippen LogP contribution < -0.4 is 0 Å². The average molecular weight is 255 g/mol. The van der Waals surface area contributed by atoms with Gasteiger partial charge in [-0.3, -0.25) is 9.69 Å². The van der Waals surface area contributed by atoms with Crippen molar-refractivity contribution >= 4 is 5.97 Å². The number of hydrogen-bond acceptors (Lipinski definition) is 3. The van der Waals surface area contributed by atoms with E-state index in [1.807, 2.05) is 0 Å². The molecule has 2 aliphatic carbocycles. The summed E-state index contributed by atoms with van der Waals surface area (Å²) in [6.07, 6.45) is 9.57. The largest absolute Gasteiger partial charge is 0.480 e. The molecule has 0 bridgehead atoms. The van der Waals surface area contributed by atoms with Crippen LogP contribution in [0.15, 0.2) is 0 Å². The normalized spacial score (nSPS) is 29.9. The van der Waals surface area contributed by atoms with Crippen LogP contribution in [0.2, 0.25) is 0 Å². The number of methoxy groups -OCH3 is 1. The maximum Gasteiger partial charge on any atom is 0.317 e. The molecule has 4 heteroatoms. The van der Waals surface area contributed by atoms with Crippen LogP contribution in [0.25, 0.3) is 0 Å². The van der Waals surface area contributed by atoms with Crippen LogP contribution in [-0.2, 0) is 9.53 Å². The monoisotopic (exact) mass is 255 g/mol. The SMILES string of the molecule is COC1CCCC(N(CC(=O)O)C2CCCC2)C1. The van der Waals surface area contributed by atoms with Crippen LogP contribution in [0.4, 0.5) is 0 Å². The Bertz CT molecular complexity index is 276. The van der Waals surface area contributed by atoms with E-state index in [0.717, 1.165) is 25.7 Å². The van der Waals surface area contributed by atoms with Gasteiger partial charge in [-0.05, 0) is 38.5 Å². The lowest BCUT2D eigenvalue weighted by Crippen LogP contribution is -2.47. The van der Waals surface area contributed by atoms with Gasteiger partial charge in [0.2, 0.25) is 0 Å². The van der Waals surface area contributed by atoms with E-state index in [9.17, 15) is 4.79 Å². The minimum atomic E-state index is -0.693. The van der Waals surface area contributed by atoms with E-state index in [4.69, 9.17) is 9.84 Å². The third-order valence-corrected chi connectivity index (χ3v) is 4.51. The highest BCUT2D eigenvalue weighted by molar-refractivity contribution is 5.69. The fourth-order valence-electron chi connectivity index (χ4n) is 3.58. The molecule has 0 aliphatic heterocycles. The minimum Gasteiger partial charge on any atom is -0.480 e. The van der Waals surface area contributed by atoms with Crippen LogP contribution in [-0.4, -0.2) is 47.8 Å². The Morgan fingerprint density at radius 2 is 1.83 bits per heavy atom. The van der Waals surface area contributed by atoms with Crippen molar-refractivity contribution in [3.05, 3.63) is 0 Å². The molecule has 2 aliphatic rings. The first kappa shape index (κ1) is 13.8. The summed E-state index contributed by atoms with van der Waals surface area (Å²) in [5, 5.41) is 9.13. The van der Waals surface area contributed by atoms with Crippen molar-refractivity contribution in [3.63, 3.8) is 0 Å². The van der Waals surface area contributed by atoms with E-state index >= 15 is 0 Å². The molecule has 0 spiro atoms. The second kappa shape index (κ2) is 6.53. The van der Waals surface area contributed by atoms with Gasteiger partial charge in [0, 0.05) is 19.2 Å². The van der Waals surface area contributed by atoms with E-state index < -0.39 is 5.97 Å². The molecular formula is C14H25NO3. The quantitative estimate of drug-likeness (QED) is 0.818. The second-order valence-corrected chi connectivity index (χ2v) is 5.68. The number of carboxylic acid groups (broad SMARTS) is 1. The number of ether oxygens (including phenoxy) is 1. The minimum absolute atomic E-state index is 0.200. The van der Waals surface area contributed by atoms with Crippen LogP contribution in [0.1, 0.15) is 51.4 Å². The highest BCUT2D eigenvalue weighted by Crippen LogP contribution is 2.31. The predicted octanol–water partition coefficient (Wildman–Crippen LogP) is 2.27. The molecule has 2 unspecified atom stereocenters. The first-order valence-electron chi connectivity index (χ1n) is 7.21. The topological polar surface area (TPSA) is 49.8 Å². The van der Waals surface area contributed by atoms with Gasteiger partial charge in [-0.1, -0.05) is 12.8 Å². The van der Waals surface area contributed by atoms with Gasteiger partial charge in [0.1, 0.15) is 0 Å². The van der Waals surface area contributed by atoms with Crippen LogP contribution in [0.3, 0.4) is 0 Å². The van der Waals surface area contributed by atoms with E-state index in [2.05, 4.69) is 4.90 Å². The Labute approximate surface area is 109 Å². The first-order valence-corrected chi connectivity index (χ1v) is 7.21. The number of aliphatic carboxylic acids is 1. The van der Waals surface area contributed by atoms with Crippen LogP contribution in [0.5, 0.6) is 0 Å². The Balaban J connectivity index is 1.99. The smallest absolute Gasteiger partial charge is 0.317 e. The highest BCUT2D eigenvalue weighted by Gasteiger charge is 2.33. The molecule has 18 heavy (non-hydrogen) atoms. The zero-order valence-corrected chi connectivity index (χ0v) is 11.3. The maximum atomic E-state index is 11.1. The predicted molar refractivity (Wildman–Crippen MR) is 69.7 cm³/mol. The van der Waals surface area contributed by atoms with Crippen molar-refractivity contribution in [3.8, 4) is 0 Å². The van der Waals surface area contributed by atoms with Crippen molar-refractivity contribution in [2.45, 2.75) is 69.6 Å². The Kier molecular flexibility index (Phi) is 5.01. The van der Waals surface area contributed by atoms with Gasteiger partial charge in [-0.25, -0.2) is 0 Å². The molecule has 0 saturated heterocycles. The standard InChI is InChI=1S/C14H25NO3/c1-18-13-8-4-7-12(9-13)15(10-14(16)17)11-5-2-3-6-11/h11-13H,2-10H2,1H3,(H,16,17). The summed E-state index contributed by atoms with van der Waals surface area (Å²) in [5.74, 6) is -0.693. The van der Waals surface area contributed by atoms with Gasteiger partial charge >= 0.3 is 5.97 Å². The molecule has 2 rings (SSSR count). The highest BCUT2D eigenvalue weighted by atomic mass is 16.5. The molecule has 0 amide bonds. The molecule has 0 aromatic heterocycles. The third kappa shape index (κ3) is 3.45. The van der Waals surface area contributed by atoms with Gasteiger partial charge in [-0.15, -0.1) is 0 Å². The Morgan fingerprint density at radius 1 is 1.17 bits per heavy atom. The van der Waals surface area contributed by atoms with E-state index in [-0.39, 0.29) is 6.54 Å². The van der Waals surface area contributed by atoms with E-state index in [1.54, 1.807) is 7.11 Å². The molecule has 0 radical (unpaired) electrons. The summed E-state index contributed by atoms with van der Waals surface area (Å²) in [6, 6.07) is 0.893. The summed E-state index contributed by atoms with van der Waals surface area (Å²) in [7, 11) is 1.77. The molecule has 0 aromatic carbocycles. The van der Waals surface area contributed by atoms with Crippen LogP contribution in [0, 0.1) is 0 Å². The van der Waals surface area contributed by atoms with Gasteiger partial charge in [-0.2, -0.15) is 0 Å². The number of nitrogens with zero attached hydrogens (tertiary/aromatic N) is 1. The molecule has 104 valence electrons. The second-order valence-electron chi connectivity index (χ2n) is 5.68. The molecular weight excluding hydrogens is 230 g/mol. The van der Waals surface area contributed by atoms with E-state index in [0.29, 0.717) is 18.2 Å². The van der Waals surface area contributed by atoms with Crippen molar-refractivity contribution in [2.24, 2.45) is 0 Å². The average Bonchev–Trinajstić information content (AvgIpc) is 2.89. The number of carbonyl (C=O) groups is 1. The summed E-state index contributed by atoms with van der Waals surface area (Å²) < 4.78 is 5.47. The Morgan fingerprint density at radius 3 is 2.44 bits per heavy atom. The number of rotatable bonds is 5. The van der Waals surface area contributed by atoms with E-state index in [1.165, 1.54) is 25.7 Å². The third-order valence-electron chi connectivity index (χ3n) is 4.51. The molecule has 2 saturated carbocycles. The van der Waals surface area contributed by atoms with Crippen molar-refractivity contribution in [2.75, 3.05) is 13.7 Å². The lowest BCUT2D eigenvalue weighted by molar-refractivity contribution is -0.140. The van der Waals surface area contributed by atoms with Gasteiger partial charge < -0.3 is 9.84 Å². The number of hydrogen-bond donors (Lipinski definition) is 1. The lowest BCUT2D eigenvalue weighted by atomic mass is 9.90. The summed E-state index contributed by atoms with van der Waals surface area (Å²) in [6.45, 7) is 0.200. The molecule has 2 fully saturated rings. The molecule has 0 heterocycles. The molecule has 1 N–H and O–H groups in total. The molecule has 2 atom stereocenters. The number of carboxylic acids is 1. The lowest BCUT2D eigenvalue weighted by Gasteiger charge is -2.39. The van der Waals surface area contributed by atoms with Crippen molar-refractivity contribution in [1.29, 1.82) is 0 Å². The zero-order valence-electron chi connectivity index (χ0n) is 11.3. The van der Waals surface area contributed by atoms with Crippen LogP contribution >= 0.6 is 0 Å². The van der Waals surface area contributed by atoms with Crippen molar-refractivity contribution < 1.29 is 14.6 Å².